The summed E-state index contributed by atoms with van der Waals surface area (Å²) in [6.45, 7) is 4.69. The van der Waals surface area contributed by atoms with Gasteiger partial charge in [0.2, 0.25) is 0 Å². The van der Waals surface area contributed by atoms with E-state index in [1.165, 1.54) is 50.6 Å². The van der Waals surface area contributed by atoms with Gasteiger partial charge < -0.3 is 5.32 Å². The van der Waals surface area contributed by atoms with Gasteiger partial charge in [0.25, 0.3) is 0 Å². The predicted molar refractivity (Wildman–Crippen MR) is 86.4 cm³/mol. The van der Waals surface area contributed by atoms with Crippen LogP contribution in [0.5, 0.6) is 0 Å². The number of halogens is 1. The Morgan fingerprint density at radius 2 is 2.00 bits per heavy atom. The fourth-order valence-electron chi connectivity index (χ4n) is 4.38. The van der Waals surface area contributed by atoms with E-state index in [-0.39, 0.29) is 0 Å². The standard InChI is InChI=1S/C18H26ClN/c1-14-5-4-9-18(10-8-14)11-12-20-13-16(18)15-6-2-3-7-17(15)19/h2-3,6-7,14,16,20H,4-5,8-13H2,1H3. The lowest BCUT2D eigenvalue weighted by atomic mass is 9.63. The third kappa shape index (κ3) is 2.76. The molecule has 2 fully saturated rings. The Labute approximate surface area is 128 Å². The SMILES string of the molecule is CC1CCCC2(CCNCC2c2ccccc2Cl)CC1. The van der Waals surface area contributed by atoms with Crippen LogP contribution in [0.25, 0.3) is 0 Å². The highest BCUT2D eigenvalue weighted by Crippen LogP contribution is 2.51. The number of hydrogen-bond acceptors (Lipinski definition) is 1. The summed E-state index contributed by atoms with van der Waals surface area (Å²) in [5.74, 6) is 1.49. The van der Waals surface area contributed by atoms with Crippen LogP contribution in [0.4, 0.5) is 0 Å². The largest absolute Gasteiger partial charge is 0.316 e. The van der Waals surface area contributed by atoms with E-state index in [0.29, 0.717) is 11.3 Å². The van der Waals surface area contributed by atoms with Crippen LogP contribution in [0.1, 0.15) is 56.9 Å². The minimum absolute atomic E-state index is 0.487. The Balaban J connectivity index is 1.92. The number of hydrogen-bond donors (Lipinski definition) is 1. The van der Waals surface area contributed by atoms with Crippen LogP contribution in [0.15, 0.2) is 24.3 Å². The maximum atomic E-state index is 6.50. The van der Waals surface area contributed by atoms with Crippen LogP contribution in [-0.2, 0) is 0 Å². The van der Waals surface area contributed by atoms with Crippen molar-refractivity contribution in [3.8, 4) is 0 Å². The molecule has 1 saturated heterocycles. The van der Waals surface area contributed by atoms with Gasteiger partial charge >= 0.3 is 0 Å². The molecule has 1 aromatic carbocycles. The van der Waals surface area contributed by atoms with Gasteiger partial charge in [0.05, 0.1) is 0 Å². The van der Waals surface area contributed by atoms with Crippen molar-refractivity contribution in [3.05, 3.63) is 34.9 Å². The molecule has 20 heavy (non-hydrogen) atoms. The molecule has 1 N–H and O–H groups in total. The summed E-state index contributed by atoms with van der Waals surface area (Å²) in [7, 11) is 0. The van der Waals surface area contributed by atoms with Crippen molar-refractivity contribution >= 4 is 11.6 Å². The molecule has 1 heterocycles. The Hall–Kier alpha value is -0.530. The van der Waals surface area contributed by atoms with Crippen LogP contribution in [0.2, 0.25) is 5.02 Å². The van der Waals surface area contributed by atoms with Crippen molar-refractivity contribution in [3.63, 3.8) is 0 Å². The quantitative estimate of drug-likeness (QED) is 0.767. The topological polar surface area (TPSA) is 12.0 Å². The van der Waals surface area contributed by atoms with Crippen LogP contribution >= 0.6 is 11.6 Å². The first-order valence-electron chi connectivity index (χ1n) is 8.16. The van der Waals surface area contributed by atoms with Crippen molar-refractivity contribution in [2.24, 2.45) is 11.3 Å². The lowest BCUT2D eigenvalue weighted by molar-refractivity contribution is 0.135. The molecule has 1 saturated carbocycles. The van der Waals surface area contributed by atoms with Gasteiger partial charge in [-0.25, -0.2) is 0 Å². The van der Waals surface area contributed by atoms with Crippen molar-refractivity contribution < 1.29 is 0 Å². The highest BCUT2D eigenvalue weighted by atomic mass is 35.5. The third-order valence-corrected chi connectivity index (χ3v) is 6.02. The first-order valence-corrected chi connectivity index (χ1v) is 8.54. The summed E-state index contributed by atoms with van der Waals surface area (Å²) in [5.41, 5.74) is 1.86. The molecule has 1 aliphatic heterocycles. The maximum Gasteiger partial charge on any atom is 0.0441 e. The molecule has 1 nitrogen and oxygen atoms in total. The molecule has 0 radical (unpaired) electrons. The van der Waals surface area contributed by atoms with Crippen LogP contribution in [0, 0.1) is 11.3 Å². The summed E-state index contributed by atoms with van der Waals surface area (Å²) in [5, 5.41) is 4.56. The monoisotopic (exact) mass is 291 g/mol. The van der Waals surface area contributed by atoms with E-state index in [1.807, 2.05) is 6.07 Å². The first-order chi connectivity index (χ1) is 9.71. The Kier molecular flexibility index (Phi) is 4.37. The van der Waals surface area contributed by atoms with Gasteiger partial charge in [-0.2, -0.15) is 0 Å². The maximum absolute atomic E-state index is 6.50. The molecule has 0 amide bonds. The molecule has 0 bridgehead atoms. The summed E-state index contributed by atoms with van der Waals surface area (Å²) >= 11 is 6.50. The number of piperidine rings is 1. The smallest absolute Gasteiger partial charge is 0.0441 e. The minimum Gasteiger partial charge on any atom is -0.316 e. The zero-order valence-electron chi connectivity index (χ0n) is 12.5. The predicted octanol–water partition coefficient (Wildman–Crippen LogP) is 5.00. The number of rotatable bonds is 1. The van der Waals surface area contributed by atoms with E-state index in [1.54, 1.807) is 0 Å². The van der Waals surface area contributed by atoms with Gasteiger partial charge in [-0.15, -0.1) is 0 Å². The van der Waals surface area contributed by atoms with E-state index in [9.17, 15) is 0 Å². The molecule has 0 aromatic heterocycles. The highest BCUT2D eigenvalue weighted by molar-refractivity contribution is 6.31. The fraction of sp³-hybridized carbons (Fsp3) is 0.667. The molecular weight excluding hydrogens is 266 g/mol. The number of benzene rings is 1. The summed E-state index contributed by atoms with van der Waals surface area (Å²) in [4.78, 5) is 0. The van der Waals surface area contributed by atoms with Gasteiger partial charge in [-0.3, -0.25) is 0 Å². The average Bonchev–Trinajstić information content (AvgIpc) is 2.64. The van der Waals surface area contributed by atoms with E-state index < -0.39 is 0 Å². The van der Waals surface area contributed by atoms with Crippen molar-refractivity contribution in [1.82, 2.24) is 5.32 Å². The minimum atomic E-state index is 0.487. The lowest BCUT2D eigenvalue weighted by Gasteiger charge is -2.45. The number of nitrogens with one attached hydrogen (secondary N) is 1. The molecule has 2 heteroatoms. The fourth-order valence-corrected chi connectivity index (χ4v) is 4.64. The van der Waals surface area contributed by atoms with E-state index in [4.69, 9.17) is 11.6 Å². The zero-order valence-corrected chi connectivity index (χ0v) is 13.3. The Morgan fingerprint density at radius 1 is 1.15 bits per heavy atom. The molecular formula is C18H26ClN. The van der Waals surface area contributed by atoms with Crippen LogP contribution in [0.3, 0.4) is 0 Å². The summed E-state index contributed by atoms with van der Waals surface area (Å²) < 4.78 is 0. The normalized spacial score (nSPS) is 34.9. The van der Waals surface area contributed by atoms with Crippen molar-refractivity contribution in [2.45, 2.75) is 51.4 Å². The molecule has 3 unspecified atom stereocenters. The Bertz CT molecular complexity index is 458. The lowest BCUT2D eigenvalue weighted by Crippen LogP contribution is -2.43. The summed E-state index contributed by atoms with van der Waals surface area (Å²) in [6, 6.07) is 8.49. The second kappa shape index (κ2) is 6.07. The molecule has 3 rings (SSSR count). The van der Waals surface area contributed by atoms with Crippen molar-refractivity contribution in [1.29, 1.82) is 0 Å². The van der Waals surface area contributed by atoms with E-state index >= 15 is 0 Å². The second-order valence-electron chi connectivity index (χ2n) is 6.93. The van der Waals surface area contributed by atoms with Gasteiger partial charge in [-0.05, 0) is 48.8 Å². The summed E-state index contributed by atoms with van der Waals surface area (Å²) in [6.07, 6.45) is 8.27. The van der Waals surface area contributed by atoms with E-state index in [2.05, 4.69) is 30.4 Å². The average molecular weight is 292 g/mol. The van der Waals surface area contributed by atoms with Crippen LogP contribution < -0.4 is 5.32 Å². The molecule has 1 aromatic rings. The van der Waals surface area contributed by atoms with Gasteiger partial charge in [0, 0.05) is 17.5 Å². The second-order valence-corrected chi connectivity index (χ2v) is 7.33. The first kappa shape index (κ1) is 14.4. The van der Waals surface area contributed by atoms with Crippen LogP contribution in [-0.4, -0.2) is 13.1 Å². The van der Waals surface area contributed by atoms with Crippen molar-refractivity contribution in [2.75, 3.05) is 13.1 Å². The molecule has 1 aliphatic carbocycles. The van der Waals surface area contributed by atoms with Gasteiger partial charge in [0.1, 0.15) is 0 Å². The molecule has 2 aliphatic rings. The molecule has 1 spiro atoms. The molecule has 110 valence electrons. The van der Waals surface area contributed by atoms with E-state index in [0.717, 1.165) is 17.5 Å². The molecule has 3 atom stereocenters. The third-order valence-electron chi connectivity index (χ3n) is 5.67. The zero-order chi connectivity index (χ0) is 14.0. The van der Waals surface area contributed by atoms with Gasteiger partial charge in [0.15, 0.2) is 0 Å². The van der Waals surface area contributed by atoms with Gasteiger partial charge in [-0.1, -0.05) is 56.0 Å². The Morgan fingerprint density at radius 3 is 2.85 bits per heavy atom. The highest BCUT2D eigenvalue weighted by Gasteiger charge is 2.42.